The van der Waals surface area contributed by atoms with Gasteiger partial charge in [-0.15, -0.1) is 11.8 Å². The van der Waals surface area contributed by atoms with Crippen molar-refractivity contribution in [3.8, 4) is 5.75 Å². The molecule has 0 unspecified atom stereocenters. The number of thioether (sulfide) groups is 1. The minimum absolute atomic E-state index is 0.0493. The molecule has 1 N–H and O–H groups in total. The molecule has 0 radical (unpaired) electrons. The van der Waals surface area contributed by atoms with Crippen molar-refractivity contribution < 1.29 is 22.7 Å². The summed E-state index contributed by atoms with van der Waals surface area (Å²) in [5, 5.41) is 2.64. The molecular weight excluding hydrogens is 546 g/mol. The van der Waals surface area contributed by atoms with Gasteiger partial charge >= 0.3 is 0 Å². The molecule has 0 aliphatic rings. The van der Waals surface area contributed by atoms with E-state index in [1.54, 1.807) is 43.3 Å². The first-order valence-electron chi connectivity index (χ1n) is 13.1. The van der Waals surface area contributed by atoms with Gasteiger partial charge in [0.2, 0.25) is 11.8 Å². The molecule has 0 fully saturated rings. The first-order valence-corrected chi connectivity index (χ1v) is 15.8. The van der Waals surface area contributed by atoms with E-state index in [1.165, 1.54) is 35.8 Å². The van der Waals surface area contributed by atoms with Gasteiger partial charge in [-0.2, -0.15) is 0 Å². The Morgan fingerprint density at radius 1 is 0.975 bits per heavy atom. The summed E-state index contributed by atoms with van der Waals surface area (Å²) in [4.78, 5) is 29.4. The molecule has 3 rings (SSSR count). The summed E-state index contributed by atoms with van der Waals surface area (Å²) in [6, 6.07) is 20.1. The van der Waals surface area contributed by atoms with E-state index in [0.717, 1.165) is 20.3 Å². The zero-order chi connectivity index (χ0) is 29.3. The van der Waals surface area contributed by atoms with Crippen molar-refractivity contribution in [2.75, 3.05) is 30.8 Å². The van der Waals surface area contributed by atoms with Crippen LogP contribution in [0.2, 0.25) is 0 Å². The Balaban J connectivity index is 2.12. The van der Waals surface area contributed by atoms with Crippen LogP contribution in [-0.2, 0) is 26.2 Å². The van der Waals surface area contributed by atoms with Crippen LogP contribution in [-0.4, -0.2) is 57.6 Å². The van der Waals surface area contributed by atoms with Crippen molar-refractivity contribution in [3.63, 3.8) is 0 Å². The maximum absolute atomic E-state index is 14.1. The Morgan fingerprint density at radius 3 is 2.23 bits per heavy atom. The highest BCUT2D eigenvalue weighted by Gasteiger charge is 2.34. The normalized spacial score (nSPS) is 11.9. The Bertz CT molecular complexity index is 1410. The number of carbonyl (C=O) groups excluding carboxylic acids is 2. The summed E-state index contributed by atoms with van der Waals surface area (Å²) in [5.74, 6) is -0.485. The minimum Gasteiger partial charge on any atom is -0.492 e. The molecule has 0 aliphatic carbocycles. The predicted octanol–water partition coefficient (Wildman–Crippen LogP) is 4.86. The van der Waals surface area contributed by atoms with Gasteiger partial charge in [-0.1, -0.05) is 43.3 Å². The molecule has 3 aromatic rings. The first kappa shape index (κ1) is 31.0. The van der Waals surface area contributed by atoms with Crippen LogP contribution in [0.5, 0.6) is 5.75 Å². The fraction of sp³-hybridized carbons (Fsp3) is 0.333. The average Bonchev–Trinajstić information content (AvgIpc) is 2.97. The van der Waals surface area contributed by atoms with E-state index in [0.29, 0.717) is 18.8 Å². The van der Waals surface area contributed by atoms with E-state index in [4.69, 9.17) is 4.74 Å². The van der Waals surface area contributed by atoms with Crippen molar-refractivity contribution in [1.82, 2.24) is 10.2 Å². The number of aryl methyl sites for hydroxylation is 1. The molecule has 0 heterocycles. The van der Waals surface area contributed by atoms with Crippen LogP contribution in [0.4, 0.5) is 5.69 Å². The SMILES string of the molecule is CCOc1ccccc1N(CC(=O)N(Cc1ccccc1C)[C@@H](CC)C(=O)NC)S(=O)(=O)c1ccc(SC)cc1. The molecule has 0 aliphatic heterocycles. The number of benzene rings is 3. The van der Waals surface area contributed by atoms with Crippen LogP contribution in [0, 0.1) is 6.92 Å². The van der Waals surface area contributed by atoms with Crippen LogP contribution in [0.25, 0.3) is 0 Å². The topological polar surface area (TPSA) is 96.0 Å². The maximum atomic E-state index is 14.1. The Labute approximate surface area is 241 Å². The lowest BCUT2D eigenvalue weighted by atomic mass is 10.1. The molecular formula is C30H37N3O5S2. The van der Waals surface area contributed by atoms with Crippen molar-refractivity contribution in [3.05, 3.63) is 83.9 Å². The number of rotatable bonds is 13. The molecule has 10 heteroatoms. The van der Waals surface area contributed by atoms with Crippen molar-refractivity contribution in [2.45, 2.75) is 49.6 Å². The number of nitrogens with one attached hydrogen (secondary N) is 1. The second-order valence-corrected chi connectivity index (χ2v) is 11.8. The standard InChI is InChI=1S/C30H37N3O5S2/c1-6-26(30(35)31-4)32(20-23-13-9-8-12-22(23)3)29(34)21-33(27-14-10-11-15-28(27)38-7-2)40(36,37)25-18-16-24(39-5)17-19-25/h8-19,26H,6-7,20-21H2,1-5H3,(H,31,35)/t26-/m0/s1. The summed E-state index contributed by atoms with van der Waals surface area (Å²) in [6.07, 6.45) is 2.27. The molecule has 0 saturated carbocycles. The number of sulfonamides is 1. The van der Waals surface area contributed by atoms with Crippen LogP contribution in [0.3, 0.4) is 0 Å². The lowest BCUT2D eigenvalue weighted by molar-refractivity contribution is -0.140. The number of nitrogens with zero attached hydrogens (tertiary/aromatic N) is 2. The summed E-state index contributed by atoms with van der Waals surface area (Å²) in [6.45, 7) is 5.52. The van der Waals surface area contributed by atoms with E-state index in [1.807, 2.05) is 44.4 Å². The van der Waals surface area contributed by atoms with Gasteiger partial charge in [0.1, 0.15) is 18.3 Å². The quantitative estimate of drug-likeness (QED) is 0.289. The fourth-order valence-corrected chi connectivity index (χ4v) is 6.22. The molecule has 0 bridgehead atoms. The number of anilines is 1. The first-order chi connectivity index (χ1) is 19.2. The molecule has 8 nitrogen and oxygen atoms in total. The Morgan fingerprint density at radius 2 is 1.62 bits per heavy atom. The van der Waals surface area contributed by atoms with E-state index in [2.05, 4.69) is 5.32 Å². The number of amides is 2. The Kier molecular flexibility index (Phi) is 11.0. The third-order valence-electron chi connectivity index (χ3n) is 6.59. The zero-order valence-electron chi connectivity index (χ0n) is 23.6. The number of hydrogen-bond donors (Lipinski definition) is 1. The van der Waals surface area contributed by atoms with Gasteiger partial charge in [-0.05, 0) is 74.0 Å². The molecule has 2 amide bonds. The smallest absolute Gasteiger partial charge is 0.264 e. The third-order valence-corrected chi connectivity index (χ3v) is 9.11. The zero-order valence-corrected chi connectivity index (χ0v) is 25.2. The van der Waals surface area contributed by atoms with Crippen LogP contribution in [0.1, 0.15) is 31.4 Å². The second kappa shape index (κ2) is 14.2. The van der Waals surface area contributed by atoms with Crippen LogP contribution in [0.15, 0.2) is 82.6 Å². The van der Waals surface area contributed by atoms with E-state index in [9.17, 15) is 18.0 Å². The molecule has 0 saturated heterocycles. The van der Waals surface area contributed by atoms with E-state index in [-0.39, 0.29) is 23.0 Å². The summed E-state index contributed by atoms with van der Waals surface area (Å²) in [5.41, 5.74) is 2.08. The number of carbonyl (C=O) groups is 2. The van der Waals surface area contributed by atoms with Crippen molar-refractivity contribution in [2.24, 2.45) is 0 Å². The molecule has 3 aromatic carbocycles. The van der Waals surface area contributed by atoms with Crippen LogP contribution < -0.4 is 14.4 Å². The predicted molar refractivity (Wildman–Crippen MR) is 160 cm³/mol. The largest absolute Gasteiger partial charge is 0.492 e. The lowest BCUT2D eigenvalue weighted by Crippen LogP contribution is -2.51. The monoisotopic (exact) mass is 583 g/mol. The van der Waals surface area contributed by atoms with Gasteiger partial charge in [0.05, 0.1) is 17.2 Å². The number of ether oxygens (including phenoxy) is 1. The highest BCUT2D eigenvalue weighted by atomic mass is 32.2. The third kappa shape index (κ3) is 7.17. The van der Waals surface area contributed by atoms with Gasteiger partial charge in [0, 0.05) is 18.5 Å². The number of hydrogen-bond acceptors (Lipinski definition) is 6. The van der Waals surface area contributed by atoms with Gasteiger partial charge in [-0.3, -0.25) is 13.9 Å². The summed E-state index contributed by atoms with van der Waals surface area (Å²) in [7, 11) is -2.67. The number of para-hydroxylation sites is 2. The summed E-state index contributed by atoms with van der Waals surface area (Å²) < 4.78 is 35.0. The molecule has 40 heavy (non-hydrogen) atoms. The number of likely N-dealkylation sites (N-methyl/N-ethyl adjacent to an activating group) is 1. The fourth-order valence-electron chi connectivity index (χ4n) is 4.39. The van der Waals surface area contributed by atoms with Gasteiger partial charge in [0.25, 0.3) is 10.0 Å². The second-order valence-electron chi connectivity index (χ2n) is 9.07. The minimum atomic E-state index is -4.19. The van der Waals surface area contributed by atoms with Crippen molar-refractivity contribution in [1.29, 1.82) is 0 Å². The van der Waals surface area contributed by atoms with E-state index < -0.39 is 28.5 Å². The van der Waals surface area contributed by atoms with Gasteiger partial charge in [0.15, 0.2) is 0 Å². The average molecular weight is 584 g/mol. The van der Waals surface area contributed by atoms with Gasteiger partial charge < -0.3 is 15.0 Å². The maximum Gasteiger partial charge on any atom is 0.264 e. The van der Waals surface area contributed by atoms with Crippen molar-refractivity contribution >= 4 is 39.3 Å². The van der Waals surface area contributed by atoms with E-state index >= 15 is 0 Å². The highest BCUT2D eigenvalue weighted by molar-refractivity contribution is 7.98. The van der Waals surface area contributed by atoms with Crippen LogP contribution >= 0.6 is 11.8 Å². The highest BCUT2D eigenvalue weighted by Crippen LogP contribution is 2.33. The molecule has 1 atom stereocenters. The summed E-state index contributed by atoms with van der Waals surface area (Å²) >= 11 is 1.50. The lowest BCUT2D eigenvalue weighted by Gasteiger charge is -2.33. The Hall–Kier alpha value is -3.50. The van der Waals surface area contributed by atoms with Gasteiger partial charge in [-0.25, -0.2) is 8.42 Å². The molecule has 0 aromatic heterocycles. The molecule has 214 valence electrons. The molecule has 0 spiro atoms.